The van der Waals surface area contributed by atoms with Crippen LogP contribution in [0.15, 0.2) is 47.6 Å². The number of nitrogens with zero attached hydrogens (tertiary/aromatic N) is 3. The maximum absolute atomic E-state index is 9.89. The Balaban J connectivity index is 2.07. The smallest absolute Gasteiger partial charge is 0.163 e. The summed E-state index contributed by atoms with van der Waals surface area (Å²) in [4.78, 5) is 0. The normalized spacial score (nSPS) is 17.8. The van der Waals surface area contributed by atoms with Gasteiger partial charge in [-0.15, -0.1) is 0 Å². The van der Waals surface area contributed by atoms with E-state index in [0.29, 0.717) is 21.4 Å². The summed E-state index contributed by atoms with van der Waals surface area (Å²) in [6.45, 7) is 1.96. The van der Waals surface area contributed by atoms with Crippen molar-refractivity contribution >= 4 is 28.9 Å². The van der Waals surface area contributed by atoms with Crippen molar-refractivity contribution in [1.82, 2.24) is 5.01 Å². The van der Waals surface area contributed by atoms with Gasteiger partial charge in [-0.3, -0.25) is 5.01 Å². The van der Waals surface area contributed by atoms with Crippen LogP contribution in [0.3, 0.4) is 0 Å². The molecular formula is C19H17Cl2N3O. The molecule has 0 unspecified atom stereocenters. The van der Waals surface area contributed by atoms with Crippen molar-refractivity contribution in [3.05, 3.63) is 63.6 Å². The quantitative estimate of drug-likeness (QED) is 0.721. The predicted octanol–water partition coefficient (Wildman–Crippen LogP) is 5.39. The number of ether oxygens (including phenoxy) is 1. The van der Waals surface area contributed by atoms with Gasteiger partial charge in [0.2, 0.25) is 0 Å². The Labute approximate surface area is 157 Å². The number of hydrogen-bond donors (Lipinski definition) is 0. The van der Waals surface area contributed by atoms with Gasteiger partial charge in [-0.1, -0.05) is 53.5 Å². The molecule has 2 aromatic carbocycles. The van der Waals surface area contributed by atoms with Crippen LogP contribution in [0.5, 0.6) is 5.75 Å². The summed E-state index contributed by atoms with van der Waals surface area (Å²) in [5, 5.41) is 17.2. The lowest BCUT2D eigenvalue weighted by Crippen LogP contribution is -2.24. The number of nitriles is 1. The van der Waals surface area contributed by atoms with Crippen LogP contribution in [-0.4, -0.2) is 17.8 Å². The van der Waals surface area contributed by atoms with E-state index >= 15 is 0 Å². The highest BCUT2D eigenvalue weighted by Crippen LogP contribution is 2.43. The summed E-state index contributed by atoms with van der Waals surface area (Å²) in [6.07, 6.45) is 0.763. The lowest BCUT2D eigenvalue weighted by Gasteiger charge is -2.29. The maximum atomic E-state index is 9.89. The predicted molar refractivity (Wildman–Crippen MR) is 100 cm³/mol. The van der Waals surface area contributed by atoms with Crippen molar-refractivity contribution in [2.24, 2.45) is 5.10 Å². The zero-order valence-electron chi connectivity index (χ0n) is 13.9. The van der Waals surface area contributed by atoms with Gasteiger partial charge in [0.15, 0.2) is 6.04 Å². The van der Waals surface area contributed by atoms with Crippen molar-refractivity contribution in [3.8, 4) is 11.8 Å². The number of methoxy groups -OCH3 is 1. The first-order chi connectivity index (χ1) is 12.0. The van der Waals surface area contributed by atoms with Crippen LogP contribution in [0.25, 0.3) is 0 Å². The molecule has 0 aliphatic carbocycles. The maximum Gasteiger partial charge on any atom is 0.163 e. The number of halogens is 2. The molecule has 0 N–H and O–H groups in total. The van der Waals surface area contributed by atoms with E-state index in [0.717, 1.165) is 17.7 Å². The molecule has 1 heterocycles. The average Bonchev–Trinajstić information content (AvgIpc) is 2.98. The fourth-order valence-corrected chi connectivity index (χ4v) is 3.72. The molecule has 0 amide bonds. The lowest BCUT2D eigenvalue weighted by atomic mass is 9.99. The van der Waals surface area contributed by atoms with E-state index in [2.05, 4.69) is 11.2 Å². The summed E-state index contributed by atoms with van der Waals surface area (Å²) < 4.78 is 5.42. The van der Waals surface area contributed by atoms with E-state index < -0.39 is 6.04 Å². The third kappa shape index (κ3) is 3.44. The standard InChI is InChI=1S/C19H17Cl2N3O/c1-12-8-17(13-6-4-3-5-7-13)24(23-12)18(11-22)15-9-14(20)10-16(21)19(15)25-2/h3-7,9-10,17-18H,8H2,1-2H3/t17-,18+/m1/s1. The summed E-state index contributed by atoms with van der Waals surface area (Å²) in [5.41, 5.74) is 2.69. The van der Waals surface area contributed by atoms with Crippen molar-refractivity contribution in [2.45, 2.75) is 25.4 Å². The van der Waals surface area contributed by atoms with Crippen LogP contribution < -0.4 is 4.74 Å². The second-order valence-corrected chi connectivity index (χ2v) is 6.73. The Morgan fingerprint density at radius 2 is 2.00 bits per heavy atom. The van der Waals surface area contributed by atoms with E-state index in [4.69, 9.17) is 27.9 Å². The van der Waals surface area contributed by atoms with Crippen molar-refractivity contribution in [2.75, 3.05) is 7.11 Å². The fraction of sp³-hybridized carbons (Fsp3) is 0.263. The Hall–Kier alpha value is -2.22. The minimum absolute atomic E-state index is 0.0201. The summed E-state index contributed by atoms with van der Waals surface area (Å²) in [5.74, 6) is 0.448. The molecule has 0 spiro atoms. The SMILES string of the molecule is COc1c(Cl)cc(Cl)cc1[C@H](C#N)N1N=C(C)C[C@@H]1c1ccccc1. The molecule has 2 atom stereocenters. The van der Waals surface area contributed by atoms with Gasteiger partial charge in [0.25, 0.3) is 0 Å². The van der Waals surface area contributed by atoms with Crippen LogP contribution in [0.1, 0.15) is 36.6 Å². The van der Waals surface area contributed by atoms with E-state index in [1.807, 2.05) is 42.3 Å². The van der Waals surface area contributed by atoms with Crippen LogP contribution >= 0.6 is 23.2 Å². The van der Waals surface area contributed by atoms with Crippen molar-refractivity contribution < 1.29 is 4.74 Å². The highest BCUT2D eigenvalue weighted by molar-refractivity contribution is 6.35. The molecule has 0 aromatic heterocycles. The minimum Gasteiger partial charge on any atom is -0.495 e. The molecular weight excluding hydrogens is 357 g/mol. The van der Waals surface area contributed by atoms with Gasteiger partial charge in [0.1, 0.15) is 5.75 Å². The first kappa shape index (κ1) is 17.6. The zero-order chi connectivity index (χ0) is 18.0. The molecule has 6 heteroatoms. The molecule has 0 fully saturated rings. The molecule has 0 bridgehead atoms. The molecule has 0 saturated heterocycles. The molecule has 1 aliphatic rings. The molecule has 4 nitrogen and oxygen atoms in total. The topological polar surface area (TPSA) is 48.6 Å². The summed E-state index contributed by atoms with van der Waals surface area (Å²) in [7, 11) is 1.53. The average molecular weight is 374 g/mol. The van der Waals surface area contributed by atoms with Gasteiger partial charge in [-0.05, 0) is 24.6 Å². The first-order valence-electron chi connectivity index (χ1n) is 7.85. The van der Waals surface area contributed by atoms with Gasteiger partial charge in [0.05, 0.1) is 24.2 Å². The molecule has 0 saturated carbocycles. The highest BCUT2D eigenvalue weighted by Gasteiger charge is 2.34. The van der Waals surface area contributed by atoms with Crippen molar-refractivity contribution in [1.29, 1.82) is 5.26 Å². The molecule has 3 rings (SSSR count). The van der Waals surface area contributed by atoms with Crippen molar-refractivity contribution in [3.63, 3.8) is 0 Å². The molecule has 0 radical (unpaired) electrons. The summed E-state index contributed by atoms with van der Waals surface area (Å²) >= 11 is 12.4. The fourth-order valence-electron chi connectivity index (χ4n) is 3.13. The number of hydrazone groups is 1. The number of rotatable bonds is 4. The van der Waals surface area contributed by atoms with Crippen LogP contribution in [0.4, 0.5) is 0 Å². The first-order valence-corrected chi connectivity index (χ1v) is 8.60. The Bertz CT molecular complexity index is 846. The molecule has 2 aromatic rings. The Kier molecular flexibility index (Phi) is 5.17. The highest BCUT2D eigenvalue weighted by atomic mass is 35.5. The second kappa shape index (κ2) is 7.35. The Morgan fingerprint density at radius 3 is 2.64 bits per heavy atom. The van der Waals surface area contributed by atoms with Gasteiger partial charge >= 0.3 is 0 Å². The van der Waals surface area contributed by atoms with Gasteiger partial charge in [-0.25, -0.2) is 0 Å². The van der Waals surface area contributed by atoms with Gasteiger partial charge in [-0.2, -0.15) is 10.4 Å². The molecule has 25 heavy (non-hydrogen) atoms. The van der Waals surface area contributed by atoms with Crippen LogP contribution in [0, 0.1) is 11.3 Å². The molecule has 1 aliphatic heterocycles. The molecule has 128 valence electrons. The second-order valence-electron chi connectivity index (χ2n) is 5.89. The number of benzene rings is 2. The third-order valence-corrected chi connectivity index (χ3v) is 4.70. The monoisotopic (exact) mass is 373 g/mol. The van der Waals surface area contributed by atoms with Gasteiger partial charge < -0.3 is 4.74 Å². The van der Waals surface area contributed by atoms with E-state index in [1.165, 1.54) is 7.11 Å². The van der Waals surface area contributed by atoms with Crippen LogP contribution in [0.2, 0.25) is 10.0 Å². The van der Waals surface area contributed by atoms with Gasteiger partial charge in [0, 0.05) is 22.7 Å². The summed E-state index contributed by atoms with van der Waals surface area (Å²) in [6, 6.07) is 15.0. The lowest BCUT2D eigenvalue weighted by molar-refractivity contribution is 0.193. The third-order valence-electron chi connectivity index (χ3n) is 4.20. The number of hydrogen-bond acceptors (Lipinski definition) is 4. The van der Waals surface area contributed by atoms with E-state index in [1.54, 1.807) is 12.1 Å². The Morgan fingerprint density at radius 1 is 1.28 bits per heavy atom. The van der Waals surface area contributed by atoms with E-state index in [9.17, 15) is 5.26 Å². The largest absolute Gasteiger partial charge is 0.495 e. The van der Waals surface area contributed by atoms with E-state index in [-0.39, 0.29) is 6.04 Å². The van der Waals surface area contributed by atoms with Crippen LogP contribution in [-0.2, 0) is 0 Å². The zero-order valence-corrected chi connectivity index (χ0v) is 15.4. The minimum atomic E-state index is -0.659.